The Morgan fingerprint density at radius 2 is 1.63 bits per heavy atom. The van der Waals surface area contributed by atoms with Gasteiger partial charge in [0, 0.05) is 0 Å². The van der Waals surface area contributed by atoms with Crippen LogP contribution in [0, 0.1) is 23.0 Å². The summed E-state index contributed by atoms with van der Waals surface area (Å²) in [6.07, 6.45) is 9.83. The molecular formula is C16H26B2I3N5O10P2. The van der Waals surface area contributed by atoms with Gasteiger partial charge in [-0.05, 0) is 44.1 Å². The predicted molar refractivity (Wildman–Crippen MR) is 168 cm³/mol. The summed E-state index contributed by atoms with van der Waals surface area (Å²) in [6.45, 7) is 3.92. The van der Waals surface area contributed by atoms with Gasteiger partial charge in [-0.3, -0.25) is 10.1 Å². The normalized spacial score (nSPS) is 9.55. The zero-order valence-electron chi connectivity index (χ0n) is 21.3. The van der Waals surface area contributed by atoms with E-state index in [4.69, 9.17) is 25.6 Å². The third-order valence-electron chi connectivity index (χ3n) is 2.59. The molecule has 2 atom stereocenters. The van der Waals surface area contributed by atoms with Crippen LogP contribution in [0.4, 0.5) is 4.79 Å². The van der Waals surface area contributed by atoms with Gasteiger partial charge in [0.2, 0.25) is 18.9 Å². The number of nitrogens with one attached hydrogen (secondary N) is 1. The van der Waals surface area contributed by atoms with Gasteiger partial charge in [0.15, 0.2) is 12.4 Å². The van der Waals surface area contributed by atoms with Crippen molar-refractivity contribution in [2.75, 3.05) is 20.0 Å². The van der Waals surface area contributed by atoms with Crippen molar-refractivity contribution in [1.82, 2.24) is 5.32 Å². The molecule has 1 amide bonds. The molecule has 0 bridgehead atoms. The SMILES string of the molecule is CCCCCC.N#COCN=C=O.N#COCNC(=O)OP(I)[B]OC(=O)CCN=C=O.O[B]P(O)I.[2H]I. The van der Waals surface area contributed by atoms with Crippen LogP contribution in [0.2, 0.25) is 0 Å². The summed E-state index contributed by atoms with van der Waals surface area (Å²) in [5, 5.41) is 25.6. The Kier molecular flexibility index (Phi) is 50.3. The number of nitrogens with zero attached hydrogens (tertiary/aromatic N) is 4. The highest BCUT2D eigenvalue weighted by molar-refractivity contribution is 14.2. The number of hydrogen-bond acceptors (Lipinski definition) is 14. The monoisotopic (exact) mass is 914 g/mol. The number of unbranched alkanes of at least 4 members (excludes halogenated alkanes) is 3. The summed E-state index contributed by atoms with van der Waals surface area (Å²) >= 11 is 4.87. The number of carbonyl (C=O) groups is 2. The van der Waals surface area contributed by atoms with Gasteiger partial charge in [0.1, 0.15) is 0.594 Å². The van der Waals surface area contributed by atoms with Gasteiger partial charge in [-0.15, -0.1) is 23.8 Å². The van der Waals surface area contributed by atoms with Crippen LogP contribution in [-0.4, -0.2) is 69.1 Å². The Morgan fingerprint density at radius 3 is 2.05 bits per heavy atom. The Hall–Kier alpha value is -0.820. The maximum atomic E-state index is 11.1. The summed E-state index contributed by atoms with van der Waals surface area (Å²) < 4.78 is 23.3. The van der Waals surface area contributed by atoms with Crippen molar-refractivity contribution in [2.45, 2.75) is 46.0 Å². The Balaban J connectivity index is -0.000000157. The van der Waals surface area contributed by atoms with Crippen molar-refractivity contribution in [1.29, 1.82) is 11.1 Å². The number of isocyanates is 2. The van der Waals surface area contributed by atoms with Crippen molar-refractivity contribution >= 4 is 118 Å². The third kappa shape index (κ3) is 55.6. The second kappa shape index (κ2) is 43.2. The van der Waals surface area contributed by atoms with E-state index in [1.54, 1.807) is 44.1 Å². The zero-order valence-corrected chi connectivity index (χ0v) is 28.6. The summed E-state index contributed by atoms with van der Waals surface area (Å²) in [6, 6.07) is 0. The van der Waals surface area contributed by atoms with Crippen molar-refractivity contribution in [2.24, 2.45) is 9.98 Å². The van der Waals surface area contributed by atoms with E-state index in [1.165, 1.54) is 74.1 Å². The number of aliphatic imine (C=N–C) groups is 2. The van der Waals surface area contributed by atoms with Gasteiger partial charge in [-0.25, -0.2) is 19.4 Å². The van der Waals surface area contributed by atoms with Crippen LogP contribution < -0.4 is 5.32 Å². The molecule has 0 aliphatic carbocycles. The van der Waals surface area contributed by atoms with E-state index in [0.717, 1.165) is 14.4 Å². The first-order valence-electron chi connectivity index (χ1n) is 10.2. The topological polar surface area (TPSA) is 230 Å². The Morgan fingerprint density at radius 1 is 1.11 bits per heavy atom. The summed E-state index contributed by atoms with van der Waals surface area (Å²) in [5.74, 6) is -0.611. The van der Waals surface area contributed by atoms with Crippen molar-refractivity contribution in [3.63, 3.8) is 0 Å². The molecule has 0 aromatic heterocycles. The van der Waals surface area contributed by atoms with Crippen LogP contribution >= 0.6 is 79.2 Å². The smallest absolute Gasteiger partial charge is 0.464 e. The first kappa shape index (κ1) is 44.2. The number of ether oxygens (including phenoxy) is 2. The molecular weight excluding hydrogens is 886 g/mol. The fourth-order valence-corrected chi connectivity index (χ4v) is 2.54. The summed E-state index contributed by atoms with van der Waals surface area (Å²) in [4.78, 5) is 55.3. The molecule has 0 aliphatic rings. The lowest BCUT2D eigenvalue weighted by Crippen LogP contribution is -2.25. The highest BCUT2D eigenvalue weighted by Gasteiger charge is 2.17. The number of amides is 1. The molecule has 2 radical (unpaired) electrons. The van der Waals surface area contributed by atoms with Gasteiger partial charge in [0.05, 0.1) is 18.6 Å². The van der Waals surface area contributed by atoms with Crippen molar-refractivity contribution in [3.8, 4) is 12.5 Å². The molecule has 0 aromatic rings. The number of hydrogen-bond donors (Lipinski definition) is 3. The minimum absolute atomic E-state index is 0.0117. The molecule has 0 saturated heterocycles. The molecule has 0 spiro atoms. The Labute approximate surface area is 268 Å². The molecule has 22 heteroatoms. The minimum atomic E-state index is -1.45. The van der Waals surface area contributed by atoms with E-state index >= 15 is 0 Å². The van der Waals surface area contributed by atoms with E-state index in [9.17, 15) is 19.2 Å². The van der Waals surface area contributed by atoms with E-state index in [0.29, 0.717) is 0 Å². The highest BCUT2D eigenvalue weighted by Crippen LogP contribution is 2.44. The number of rotatable bonds is 14. The average molecular weight is 914 g/mol. The maximum absolute atomic E-state index is 11.1. The van der Waals surface area contributed by atoms with E-state index in [1.807, 2.05) is 0 Å². The van der Waals surface area contributed by atoms with Crippen molar-refractivity contribution < 1.29 is 47.7 Å². The summed E-state index contributed by atoms with van der Waals surface area (Å²) in [5.41, 5.74) is -2.65. The fourth-order valence-electron chi connectivity index (χ4n) is 1.20. The number of carbonyl (C=O) groups excluding carboxylic acids is 4. The van der Waals surface area contributed by atoms with Crippen LogP contribution in [0.15, 0.2) is 9.98 Å². The lowest BCUT2D eigenvalue weighted by molar-refractivity contribution is -0.133. The molecule has 38 heavy (non-hydrogen) atoms. The molecule has 3 N–H and O–H groups in total. The van der Waals surface area contributed by atoms with Crippen LogP contribution in [0.25, 0.3) is 0 Å². The number of halogens is 3. The third-order valence-corrected chi connectivity index (χ3v) is 5.42. The first-order chi connectivity index (χ1) is 18.7. The van der Waals surface area contributed by atoms with Gasteiger partial charge >= 0.3 is 20.5 Å². The molecule has 2 unspecified atom stereocenters. The second-order valence-corrected chi connectivity index (χ2v) is 12.8. The largest absolute Gasteiger partial charge is 0.528 e. The standard InChI is InChI=1S/C7H7BIN3O6P.C6H14.C3H2N2O2.BH2IO2P.HI/c9-19(18-7(15)12-5-16-3-10)8-17-6(14)1-2-11-4-13;1-3-5-6-4-2;4-1-7-3-5-2-6;2-5(4)1-3;/h1-2,5H2,(H,12,15);3-6H2,1-2H3;3H2;3-4H;1H/i/hD. The minimum Gasteiger partial charge on any atom is -0.528 e. The number of nitriles is 2. The average Bonchev–Trinajstić information content (AvgIpc) is 2.93. The molecule has 0 fully saturated rings. The molecule has 0 heterocycles. The highest BCUT2D eigenvalue weighted by atomic mass is 127. The van der Waals surface area contributed by atoms with Gasteiger partial charge < -0.3 is 28.6 Å². The predicted octanol–water partition coefficient (Wildman–Crippen LogP) is 3.95. The molecule has 0 rings (SSSR count). The second-order valence-electron chi connectivity index (χ2n) is 5.25. The van der Waals surface area contributed by atoms with E-state index in [-0.39, 0.29) is 26.4 Å². The zero-order chi connectivity index (χ0) is 31.2. The van der Waals surface area contributed by atoms with Gasteiger partial charge in [-0.1, -0.05) is 39.5 Å². The van der Waals surface area contributed by atoms with Crippen LogP contribution in [0.1, 0.15) is 46.0 Å². The molecule has 0 aromatic carbocycles. The lowest BCUT2D eigenvalue weighted by Gasteiger charge is -2.09. The molecule has 15 nitrogen and oxygen atoms in total. The molecule has 0 saturated carbocycles. The molecule has 0 aliphatic heterocycles. The Bertz CT molecular complexity index is 759. The lowest BCUT2D eigenvalue weighted by atomic mass is 10.2. The maximum Gasteiger partial charge on any atom is 0.464 e. The first-order valence-corrected chi connectivity index (χ1v) is 18.1. The van der Waals surface area contributed by atoms with Gasteiger partial charge in [0.25, 0.3) is 18.5 Å². The van der Waals surface area contributed by atoms with E-state index in [2.05, 4.69) is 43.3 Å². The van der Waals surface area contributed by atoms with Gasteiger partial charge in [-0.2, -0.15) is 15.5 Å². The quantitative estimate of drug-likeness (QED) is 0.0329. The molecule has 212 valence electrons. The van der Waals surface area contributed by atoms with Crippen molar-refractivity contribution in [3.05, 3.63) is 0 Å². The summed E-state index contributed by atoms with van der Waals surface area (Å²) in [7, 11) is 1.84. The van der Waals surface area contributed by atoms with E-state index < -0.39 is 23.4 Å². The fraction of sp³-hybridized carbons (Fsp3) is 0.625. The van der Waals surface area contributed by atoms with Crippen LogP contribution in [0.5, 0.6) is 0 Å². The van der Waals surface area contributed by atoms with Crippen LogP contribution in [0.3, 0.4) is 0 Å². The van der Waals surface area contributed by atoms with Crippen LogP contribution in [-0.2, 0) is 33.0 Å².